The van der Waals surface area contributed by atoms with Gasteiger partial charge in [0.05, 0.1) is 0 Å². The maximum absolute atomic E-state index is 13.8. The molecule has 5 aromatic rings. The van der Waals surface area contributed by atoms with Crippen molar-refractivity contribution in [1.29, 1.82) is 0 Å². The highest BCUT2D eigenvalue weighted by Crippen LogP contribution is 2.31. The van der Waals surface area contributed by atoms with Crippen LogP contribution in [-0.2, 0) is 13.0 Å². The van der Waals surface area contributed by atoms with Crippen molar-refractivity contribution in [1.82, 2.24) is 9.80 Å². The van der Waals surface area contributed by atoms with Crippen molar-refractivity contribution in [3.05, 3.63) is 161 Å². The summed E-state index contributed by atoms with van der Waals surface area (Å²) >= 11 is 0. The molecule has 1 amide bonds. The molecule has 0 N–H and O–H groups in total. The van der Waals surface area contributed by atoms with Gasteiger partial charge in [0.1, 0.15) is 0 Å². The molecule has 0 saturated carbocycles. The van der Waals surface area contributed by atoms with E-state index in [0.717, 1.165) is 57.7 Å². The molecule has 5 aromatic carbocycles. The fourth-order valence-electron chi connectivity index (χ4n) is 7.06. The zero-order valence-electron chi connectivity index (χ0n) is 25.9. The van der Waals surface area contributed by atoms with E-state index >= 15 is 0 Å². The van der Waals surface area contributed by atoms with E-state index in [0.29, 0.717) is 12.5 Å². The molecule has 4 heteroatoms. The third kappa shape index (κ3) is 6.57. The van der Waals surface area contributed by atoms with Crippen molar-refractivity contribution in [3.8, 4) is 11.1 Å². The van der Waals surface area contributed by atoms with Gasteiger partial charge in [-0.05, 0) is 64.9 Å². The van der Waals surface area contributed by atoms with Gasteiger partial charge in [0, 0.05) is 56.4 Å². The van der Waals surface area contributed by atoms with Crippen molar-refractivity contribution < 1.29 is 4.79 Å². The van der Waals surface area contributed by atoms with Crippen LogP contribution in [0.15, 0.2) is 133 Å². The lowest BCUT2D eigenvalue weighted by Gasteiger charge is -2.37. The van der Waals surface area contributed by atoms with E-state index in [9.17, 15) is 4.79 Å². The smallest absolute Gasteiger partial charge is 0.254 e. The van der Waals surface area contributed by atoms with Gasteiger partial charge in [-0.25, -0.2) is 0 Å². The molecule has 0 radical (unpaired) electrons. The number of hydrogen-bond acceptors (Lipinski definition) is 3. The van der Waals surface area contributed by atoms with Crippen LogP contribution in [0.5, 0.6) is 0 Å². The minimum Gasteiger partial charge on any atom is -0.369 e. The Morgan fingerprint density at radius 2 is 1.22 bits per heavy atom. The third-order valence-electron chi connectivity index (χ3n) is 9.60. The summed E-state index contributed by atoms with van der Waals surface area (Å²) in [5, 5.41) is 0. The highest BCUT2D eigenvalue weighted by molar-refractivity contribution is 5.97. The Hall–Kier alpha value is -4.67. The number of benzene rings is 5. The summed E-state index contributed by atoms with van der Waals surface area (Å²) in [6.45, 7) is 6.46. The number of nitrogens with zero attached hydrogens (tertiary/aromatic N) is 3. The molecule has 45 heavy (non-hydrogen) atoms. The van der Waals surface area contributed by atoms with Crippen molar-refractivity contribution >= 4 is 11.6 Å². The van der Waals surface area contributed by atoms with Crippen LogP contribution in [0.4, 0.5) is 5.69 Å². The summed E-state index contributed by atoms with van der Waals surface area (Å²) in [4.78, 5) is 20.9. The van der Waals surface area contributed by atoms with Gasteiger partial charge < -0.3 is 9.80 Å². The predicted octanol–water partition coefficient (Wildman–Crippen LogP) is 7.90. The number of carbonyl (C=O) groups excluding carboxylic acids is 1. The zero-order valence-corrected chi connectivity index (χ0v) is 25.9. The Labute approximate surface area is 267 Å². The van der Waals surface area contributed by atoms with Gasteiger partial charge in [0.15, 0.2) is 0 Å². The molecule has 7 rings (SSSR count). The molecule has 226 valence electrons. The Kier molecular flexibility index (Phi) is 8.74. The second-order valence-electron chi connectivity index (χ2n) is 12.3. The quantitative estimate of drug-likeness (QED) is 0.174. The van der Waals surface area contributed by atoms with Crippen molar-refractivity contribution in [2.24, 2.45) is 0 Å². The van der Waals surface area contributed by atoms with Crippen LogP contribution >= 0.6 is 0 Å². The Bertz CT molecular complexity index is 1670. The van der Waals surface area contributed by atoms with E-state index < -0.39 is 0 Å². The molecular weight excluding hydrogens is 550 g/mol. The first-order chi connectivity index (χ1) is 22.2. The molecule has 0 spiro atoms. The Morgan fingerprint density at radius 1 is 0.600 bits per heavy atom. The Balaban J connectivity index is 0.995. The number of amides is 1. The number of fused-ring (bicyclic) bond motifs is 1. The molecule has 1 fully saturated rings. The maximum atomic E-state index is 13.8. The van der Waals surface area contributed by atoms with Crippen LogP contribution in [0.2, 0.25) is 0 Å². The highest BCUT2D eigenvalue weighted by Gasteiger charge is 2.27. The van der Waals surface area contributed by atoms with E-state index in [1.54, 1.807) is 0 Å². The average Bonchev–Trinajstić information content (AvgIpc) is 3.11. The molecule has 0 bridgehead atoms. The van der Waals surface area contributed by atoms with Crippen molar-refractivity contribution in [2.75, 3.05) is 44.2 Å². The Morgan fingerprint density at radius 3 is 1.91 bits per heavy atom. The van der Waals surface area contributed by atoms with E-state index in [1.165, 1.54) is 39.1 Å². The van der Waals surface area contributed by atoms with Crippen LogP contribution in [0.1, 0.15) is 45.0 Å². The SMILES string of the molecule is O=C1c2cc(N3CCN(CCC(c4ccccc4)c4ccccc4)CC3)ccc2CCN1Cc1ccccc1-c1ccccc1. The summed E-state index contributed by atoms with van der Waals surface area (Å²) in [5.74, 6) is 0.548. The van der Waals surface area contributed by atoms with Gasteiger partial charge >= 0.3 is 0 Å². The molecule has 0 atom stereocenters. The first kappa shape index (κ1) is 29.1. The van der Waals surface area contributed by atoms with Gasteiger partial charge in [-0.1, -0.05) is 121 Å². The first-order valence-corrected chi connectivity index (χ1v) is 16.4. The second kappa shape index (κ2) is 13.5. The van der Waals surface area contributed by atoms with Gasteiger partial charge in [0.2, 0.25) is 0 Å². The molecule has 0 unspecified atom stereocenters. The van der Waals surface area contributed by atoms with E-state index in [2.05, 4.69) is 137 Å². The zero-order chi connectivity index (χ0) is 30.4. The predicted molar refractivity (Wildman–Crippen MR) is 185 cm³/mol. The molecule has 2 aliphatic rings. The van der Waals surface area contributed by atoms with E-state index in [1.807, 2.05) is 11.0 Å². The molecule has 0 aliphatic carbocycles. The summed E-state index contributed by atoms with van der Waals surface area (Å²) in [6.07, 6.45) is 2.00. The summed E-state index contributed by atoms with van der Waals surface area (Å²) < 4.78 is 0. The minimum atomic E-state index is 0.146. The van der Waals surface area contributed by atoms with Crippen LogP contribution in [-0.4, -0.2) is 55.0 Å². The standard InChI is InChI=1S/C41H41N3O/c45-41-40-30-37(21-20-35(40)22-25-44(41)31-36-18-10-11-19-38(36)32-12-4-1-5-13-32)43-28-26-42(27-29-43)24-23-39(33-14-6-2-7-15-33)34-16-8-3-9-17-34/h1-21,30,39H,22-29,31H2. The van der Waals surface area contributed by atoms with Crippen LogP contribution < -0.4 is 4.90 Å². The lowest BCUT2D eigenvalue weighted by atomic mass is 9.88. The molecule has 2 heterocycles. The van der Waals surface area contributed by atoms with Crippen molar-refractivity contribution in [2.45, 2.75) is 25.3 Å². The van der Waals surface area contributed by atoms with Gasteiger partial charge in [-0.15, -0.1) is 0 Å². The highest BCUT2D eigenvalue weighted by atomic mass is 16.2. The summed E-state index contributed by atoms with van der Waals surface area (Å²) in [7, 11) is 0. The summed E-state index contributed by atoms with van der Waals surface area (Å²) in [5.41, 5.74) is 9.55. The third-order valence-corrected chi connectivity index (χ3v) is 9.60. The first-order valence-electron chi connectivity index (χ1n) is 16.4. The molecule has 2 aliphatic heterocycles. The fraction of sp³-hybridized carbons (Fsp3) is 0.244. The van der Waals surface area contributed by atoms with Crippen molar-refractivity contribution in [3.63, 3.8) is 0 Å². The fourth-order valence-corrected chi connectivity index (χ4v) is 7.06. The molecule has 4 nitrogen and oxygen atoms in total. The largest absolute Gasteiger partial charge is 0.369 e. The molecule has 0 aromatic heterocycles. The van der Waals surface area contributed by atoms with Crippen LogP contribution in [0.25, 0.3) is 11.1 Å². The summed E-state index contributed by atoms with van der Waals surface area (Å²) in [6, 6.07) is 47.3. The molecular formula is C41H41N3O. The second-order valence-corrected chi connectivity index (χ2v) is 12.3. The monoisotopic (exact) mass is 591 g/mol. The van der Waals surface area contributed by atoms with Crippen LogP contribution in [0.3, 0.4) is 0 Å². The minimum absolute atomic E-state index is 0.146. The van der Waals surface area contributed by atoms with Crippen LogP contribution in [0, 0.1) is 0 Å². The maximum Gasteiger partial charge on any atom is 0.254 e. The van der Waals surface area contributed by atoms with Gasteiger partial charge in [0.25, 0.3) is 5.91 Å². The average molecular weight is 592 g/mol. The number of piperazine rings is 1. The normalized spacial score (nSPS) is 15.4. The lowest BCUT2D eigenvalue weighted by Crippen LogP contribution is -2.47. The molecule has 1 saturated heterocycles. The number of carbonyl (C=O) groups is 1. The van der Waals surface area contributed by atoms with Gasteiger partial charge in [-0.3, -0.25) is 9.69 Å². The number of rotatable bonds is 9. The topological polar surface area (TPSA) is 26.8 Å². The number of hydrogen-bond donors (Lipinski definition) is 0. The van der Waals surface area contributed by atoms with Gasteiger partial charge in [-0.2, -0.15) is 0 Å². The number of anilines is 1. The van der Waals surface area contributed by atoms with E-state index in [4.69, 9.17) is 0 Å². The lowest BCUT2D eigenvalue weighted by molar-refractivity contribution is 0.0727. The van der Waals surface area contributed by atoms with E-state index in [-0.39, 0.29) is 5.91 Å².